The minimum Gasteiger partial charge on any atom is -0.403 e. The van der Waals surface area contributed by atoms with Gasteiger partial charge in [-0.15, -0.1) is 5.10 Å². The number of sulfonamides is 1. The highest BCUT2D eigenvalue weighted by atomic mass is 35.5. The molecule has 0 bridgehead atoms. The van der Waals surface area contributed by atoms with Crippen molar-refractivity contribution >= 4 is 33.5 Å². The van der Waals surface area contributed by atoms with E-state index in [1.165, 1.54) is 28.6 Å². The van der Waals surface area contributed by atoms with Crippen LogP contribution in [0.2, 0.25) is 5.02 Å². The first kappa shape index (κ1) is 22.4. The molecule has 1 amide bonds. The van der Waals surface area contributed by atoms with Gasteiger partial charge in [-0.05, 0) is 49.2 Å². The summed E-state index contributed by atoms with van der Waals surface area (Å²) in [6.45, 7) is 0. The topological polar surface area (TPSA) is 105 Å². The maximum absolute atomic E-state index is 12.9. The summed E-state index contributed by atoms with van der Waals surface area (Å²) in [5.41, 5.74) is 0.820. The fraction of sp³-hybridized carbons (Fsp3) is 0.318. The molecule has 168 valence electrons. The summed E-state index contributed by atoms with van der Waals surface area (Å²) in [5, 5.41) is 10.7. The summed E-state index contributed by atoms with van der Waals surface area (Å²) in [7, 11) is -2.00. The van der Waals surface area contributed by atoms with Crippen LogP contribution in [0.25, 0.3) is 11.5 Å². The lowest BCUT2D eigenvalue weighted by Gasteiger charge is -2.30. The number of carbonyl (C=O) groups is 1. The van der Waals surface area contributed by atoms with Crippen molar-refractivity contribution < 1.29 is 17.6 Å². The Labute approximate surface area is 191 Å². The molecule has 0 atom stereocenters. The van der Waals surface area contributed by atoms with E-state index in [0.29, 0.717) is 10.6 Å². The Morgan fingerprint density at radius 1 is 1.06 bits per heavy atom. The summed E-state index contributed by atoms with van der Waals surface area (Å²) < 4.78 is 32.8. The Bertz CT molecular complexity index is 1200. The van der Waals surface area contributed by atoms with Crippen LogP contribution in [-0.2, 0) is 10.0 Å². The van der Waals surface area contributed by atoms with Crippen molar-refractivity contribution in [1.82, 2.24) is 14.5 Å². The van der Waals surface area contributed by atoms with Gasteiger partial charge in [-0.1, -0.05) is 48.1 Å². The summed E-state index contributed by atoms with van der Waals surface area (Å²) in [5.74, 6) is -0.318. The van der Waals surface area contributed by atoms with E-state index < -0.39 is 15.9 Å². The normalized spacial score (nSPS) is 15.1. The Morgan fingerprint density at radius 2 is 1.75 bits per heavy atom. The molecule has 32 heavy (non-hydrogen) atoms. The Hall–Kier alpha value is -2.75. The van der Waals surface area contributed by atoms with E-state index in [0.717, 1.165) is 32.1 Å². The first-order valence-electron chi connectivity index (χ1n) is 10.3. The first-order chi connectivity index (χ1) is 15.4. The standard InChI is InChI=1S/C22H23ClN4O4S/c1-27(16-7-3-2-4-8-16)32(29,30)17-13-11-15(12-14-17)20(28)24-22-26-25-21(31-22)18-9-5-6-10-19(18)23/h5-6,9-14,16H,2-4,7-8H2,1H3,(H,24,26,28). The molecule has 8 nitrogen and oxygen atoms in total. The van der Waals surface area contributed by atoms with Crippen LogP contribution in [0.4, 0.5) is 6.01 Å². The molecule has 1 aliphatic rings. The van der Waals surface area contributed by atoms with Crippen LogP contribution in [0.1, 0.15) is 42.5 Å². The molecule has 1 saturated carbocycles. The van der Waals surface area contributed by atoms with Crippen molar-refractivity contribution in [3.05, 3.63) is 59.1 Å². The molecular formula is C22H23ClN4O4S. The summed E-state index contributed by atoms with van der Waals surface area (Å²) in [4.78, 5) is 12.7. The highest BCUT2D eigenvalue weighted by Gasteiger charge is 2.29. The van der Waals surface area contributed by atoms with Crippen molar-refractivity contribution in [2.24, 2.45) is 0 Å². The lowest BCUT2D eigenvalue weighted by Crippen LogP contribution is -2.38. The van der Waals surface area contributed by atoms with E-state index >= 15 is 0 Å². The number of amides is 1. The second-order valence-electron chi connectivity index (χ2n) is 7.68. The number of carbonyl (C=O) groups excluding carboxylic acids is 1. The average molecular weight is 475 g/mol. The molecular weight excluding hydrogens is 452 g/mol. The van der Waals surface area contributed by atoms with Crippen LogP contribution in [0.3, 0.4) is 0 Å². The number of hydrogen-bond donors (Lipinski definition) is 1. The summed E-state index contributed by atoms with van der Waals surface area (Å²) in [6.07, 6.45) is 4.97. The van der Waals surface area contributed by atoms with Crippen LogP contribution in [0.5, 0.6) is 0 Å². The van der Waals surface area contributed by atoms with Crippen LogP contribution in [-0.4, -0.2) is 41.9 Å². The fourth-order valence-electron chi connectivity index (χ4n) is 3.77. The van der Waals surface area contributed by atoms with Gasteiger partial charge in [-0.2, -0.15) is 4.31 Å². The van der Waals surface area contributed by atoms with E-state index in [4.69, 9.17) is 16.0 Å². The van der Waals surface area contributed by atoms with E-state index in [2.05, 4.69) is 15.5 Å². The quantitative estimate of drug-likeness (QED) is 0.559. The molecule has 0 saturated heterocycles. The fourth-order valence-corrected chi connectivity index (χ4v) is 5.40. The zero-order chi connectivity index (χ0) is 22.7. The van der Waals surface area contributed by atoms with E-state index in [1.54, 1.807) is 31.3 Å². The molecule has 2 aromatic carbocycles. The number of nitrogens with zero attached hydrogens (tertiary/aromatic N) is 3. The minimum atomic E-state index is -3.62. The Morgan fingerprint density at radius 3 is 2.44 bits per heavy atom. The van der Waals surface area contributed by atoms with Gasteiger partial charge >= 0.3 is 6.01 Å². The van der Waals surface area contributed by atoms with Crippen molar-refractivity contribution in [1.29, 1.82) is 0 Å². The predicted molar refractivity (Wildman–Crippen MR) is 121 cm³/mol. The van der Waals surface area contributed by atoms with E-state index in [9.17, 15) is 13.2 Å². The van der Waals surface area contributed by atoms with Gasteiger partial charge in [0.25, 0.3) is 11.8 Å². The van der Waals surface area contributed by atoms with Gasteiger partial charge in [0.2, 0.25) is 10.0 Å². The number of anilines is 1. The molecule has 1 aliphatic carbocycles. The molecule has 3 aromatic rings. The largest absolute Gasteiger partial charge is 0.403 e. The smallest absolute Gasteiger partial charge is 0.322 e. The number of aromatic nitrogens is 2. The lowest BCUT2D eigenvalue weighted by molar-refractivity contribution is 0.102. The van der Waals surface area contributed by atoms with E-state index in [-0.39, 0.29) is 28.4 Å². The zero-order valence-electron chi connectivity index (χ0n) is 17.5. The first-order valence-corrected chi connectivity index (χ1v) is 12.2. The lowest BCUT2D eigenvalue weighted by atomic mass is 9.96. The molecule has 1 N–H and O–H groups in total. The average Bonchev–Trinajstić information content (AvgIpc) is 3.27. The van der Waals surface area contributed by atoms with Gasteiger partial charge in [-0.25, -0.2) is 8.42 Å². The maximum atomic E-state index is 12.9. The Kier molecular flexibility index (Phi) is 6.59. The molecule has 1 aromatic heterocycles. The molecule has 0 aliphatic heterocycles. The van der Waals surface area contributed by atoms with Crippen molar-refractivity contribution in [3.8, 4) is 11.5 Å². The van der Waals surface area contributed by atoms with Crippen LogP contribution < -0.4 is 5.32 Å². The van der Waals surface area contributed by atoms with Gasteiger partial charge in [0.15, 0.2) is 0 Å². The molecule has 0 radical (unpaired) electrons. The number of rotatable bonds is 6. The monoisotopic (exact) mass is 474 g/mol. The maximum Gasteiger partial charge on any atom is 0.322 e. The number of hydrogen-bond acceptors (Lipinski definition) is 6. The second kappa shape index (κ2) is 9.40. The van der Waals surface area contributed by atoms with Gasteiger partial charge in [-0.3, -0.25) is 10.1 Å². The zero-order valence-corrected chi connectivity index (χ0v) is 19.1. The molecule has 0 spiro atoms. The number of halogens is 1. The third-order valence-electron chi connectivity index (χ3n) is 5.63. The molecule has 1 heterocycles. The molecule has 1 fully saturated rings. The summed E-state index contributed by atoms with van der Waals surface area (Å²) >= 11 is 6.13. The third-order valence-corrected chi connectivity index (χ3v) is 7.89. The molecule has 10 heteroatoms. The second-order valence-corrected chi connectivity index (χ2v) is 10.1. The number of benzene rings is 2. The van der Waals surface area contributed by atoms with Crippen molar-refractivity contribution in [3.63, 3.8) is 0 Å². The van der Waals surface area contributed by atoms with Gasteiger partial charge < -0.3 is 4.42 Å². The summed E-state index contributed by atoms with van der Waals surface area (Å²) in [6, 6.07) is 12.7. The molecule has 0 unspecified atom stereocenters. The Balaban J connectivity index is 1.45. The third kappa shape index (κ3) is 4.69. The van der Waals surface area contributed by atoms with Crippen LogP contribution >= 0.6 is 11.6 Å². The SMILES string of the molecule is CN(C1CCCCC1)S(=O)(=O)c1ccc(C(=O)Nc2nnc(-c3ccccc3Cl)o2)cc1. The van der Waals surface area contributed by atoms with E-state index in [1.807, 2.05) is 0 Å². The minimum absolute atomic E-state index is 0.0153. The highest BCUT2D eigenvalue weighted by Crippen LogP contribution is 2.28. The highest BCUT2D eigenvalue weighted by molar-refractivity contribution is 7.89. The van der Waals surface area contributed by atoms with Gasteiger partial charge in [0, 0.05) is 18.7 Å². The molecule has 4 rings (SSSR count). The van der Waals surface area contributed by atoms with Crippen LogP contribution in [0, 0.1) is 0 Å². The van der Waals surface area contributed by atoms with Crippen LogP contribution in [0.15, 0.2) is 57.8 Å². The number of nitrogens with one attached hydrogen (secondary N) is 1. The van der Waals surface area contributed by atoms with Crippen molar-refractivity contribution in [2.75, 3.05) is 12.4 Å². The van der Waals surface area contributed by atoms with Gasteiger partial charge in [0.1, 0.15) is 0 Å². The van der Waals surface area contributed by atoms with Crippen molar-refractivity contribution in [2.45, 2.75) is 43.0 Å². The predicted octanol–water partition coefficient (Wildman–Crippen LogP) is 4.60. The van der Waals surface area contributed by atoms with Gasteiger partial charge in [0.05, 0.1) is 15.5 Å².